The largest absolute Gasteiger partial charge is 0.487 e. The first kappa shape index (κ1) is 17.5. The monoisotopic (exact) mass is 360 g/mol. The zero-order valence-corrected chi connectivity index (χ0v) is 15.7. The van der Waals surface area contributed by atoms with Crippen LogP contribution in [0.15, 0.2) is 6.20 Å². The first-order valence-corrected chi connectivity index (χ1v) is 9.58. The van der Waals surface area contributed by atoms with Gasteiger partial charge in [-0.25, -0.2) is 4.98 Å². The Balaban J connectivity index is 1.30. The fourth-order valence-electron chi connectivity index (χ4n) is 3.75. The van der Waals surface area contributed by atoms with Gasteiger partial charge in [-0.05, 0) is 37.9 Å². The smallest absolute Gasteiger partial charge is 0.225 e. The van der Waals surface area contributed by atoms with E-state index < -0.39 is 0 Å². The van der Waals surface area contributed by atoms with Gasteiger partial charge >= 0.3 is 0 Å². The average molecular weight is 360 g/mol. The minimum atomic E-state index is 0.171. The fraction of sp³-hybridized carbons (Fsp3) is 0.684. The normalized spacial score (nSPS) is 24.4. The van der Waals surface area contributed by atoms with Crippen LogP contribution < -0.4 is 15.0 Å². The van der Waals surface area contributed by atoms with Crippen molar-refractivity contribution >= 4 is 11.7 Å². The molecule has 2 atom stereocenters. The minimum Gasteiger partial charge on any atom is -0.487 e. The summed E-state index contributed by atoms with van der Waals surface area (Å²) in [5, 5.41) is 3.30. The molecule has 0 spiro atoms. The Kier molecular flexibility index (Phi) is 5.00. The van der Waals surface area contributed by atoms with E-state index >= 15 is 0 Å². The summed E-state index contributed by atoms with van der Waals surface area (Å²) in [6.07, 6.45) is 3.53. The Labute approximate surface area is 154 Å². The van der Waals surface area contributed by atoms with Crippen LogP contribution in [0, 0.1) is 13.8 Å². The quantitative estimate of drug-likeness (QED) is 0.787. The molecule has 1 aromatic heterocycles. The molecule has 2 unspecified atom stereocenters. The van der Waals surface area contributed by atoms with Gasteiger partial charge in [0.1, 0.15) is 6.61 Å². The number of carbonyl (C=O) groups is 1. The van der Waals surface area contributed by atoms with E-state index in [1.165, 1.54) is 6.42 Å². The molecule has 0 bridgehead atoms. The zero-order chi connectivity index (χ0) is 18.1. The molecular weight excluding hydrogens is 332 g/mol. The van der Waals surface area contributed by atoms with Crippen LogP contribution >= 0.6 is 0 Å². The van der Waals surface area contributed by atoms with E-state index in [0.717, 1.165) is 42.3 Å². The number of aryl methyl sites for hydroxylation is 1. The number of anilines is 1. The number of pyridine rings is 1. The Bertz CT molecular complexity index is 677. The number of nitrogens with one attached hydrogen (secondary N) is 1. The van der Waals surface area contributed by atoms with Crippen LogP contribution in [-0.4, -0.2) is 73.9 Å². The molecule has 0 saturated carbocycles. The molecule has 1 N–H and O–H groups in total. The second-order valence-electron chi connectivity index (χ2n) is 7.48. The van der Waals surface area contributed by atoms with Crippen LogP contribution in [0.3, 0.4) is 0 Å². The predicted molar refractivity (Wildman–Crippen MR) is 98.8 cm³/mol. The van der Waals surface area contributed by atoms with Gasteiger partial charge in [-0.3, -0.25) is 4.79 Å². The van der Waals surface area contributed by atoms with Crippen LogP contribution in [0.2, 0.25) is 0 Å². The molecule has 2 saturated heterocycles. The van der Waals surface area contributed by atoms with Crippen molar-refractivity contribution in [3.63, 3.8) is 0 Å². The third-order valence-electron chi connectivity index (χ3n) is 5.75. The van der Waals surface area contributed by atoms with Crippen molar-refractivity contribution in [1.82, 2.24) is 15.2 Å². The third-order valence-corrected chi connectivity index (χ3v) is 5.75. The van der Waals surface area contributed by atoms with Crippen LogP contribution in [-0.2, 0) is 9.53 Å². The molecule has 0 aliphatic carbocycles. The van der Waals surface area contributed by atoms with Crippen LogP contribution in [0.5, 0.6) is 5.75 Å². The number of carbonyl (C=O) groups excluding carboxylic acids is 1. The molecule has 0 aromatic carbocycles. The highest BCUT2D eigenvalue weighted by Gasteiger charge is 2.36. The van der Waals surface area contributed by atoms with Crippen molar-refractivity contribution in [3.05, 3.63) is 17.3 Å². The average Bonchev–Trinajstić information content (AvgIpc) is 2.62. The number of aromatic nitrogens is 1. The fourth-order valence-corrected chi connectivity index (χ4v) is 3.75. The van der Waals surface area contributed by atoms with Crippen molar-refractivity contribution in [3.8, 4) is 5.75 Å². The summed E-state index contributed by atoms with van der Waals surface area (Å²) in [6.45, 7) is 9.25. The van der Waals surface area contributed by atoms with Crippen molar-refractivity contribution in [2.45, 2.75) is 38.8 Å². The molecule has 4 rings (SSSR count). The molecule has 3 aliphatic heterocycles. The molecule has 1 amide bonds. The maximum Gasteiger partial charge on any atom is 0.225 e. The molecule has 2 fully saturated rings. The first-order chi connectivity index (χ1) is 12.6. The highest BCUT2D eigenvalue weighted by atomic mass is 16.5. The Morgan fingerprint density at radius 1 is 1.42 bits per heavy atom. The predicted octanol–water partition coefficient (Wildman–Crippen LogP) is 0.877. The van der Waals surface area contributed by atoms with E-state index in [9.17, 15) is 4.79 Å². The van der Waals surface area contributed by atoms with Crippen molar-refractivity contribution in [1.29, 1.82) is 0 Å². The number of hydrogen-bond acceptors (Lipinski definition) is 6. The van der Waals surface area contributed by atoms with Gasteiger partial charge < -0.3 is 24.6 Å². The molecule has 4 heterocycles. The van der Waals surface area contributed by atoms with E-state index in [1.54, 1.807) is 0 Å². The lowest BCUT2D eigenvalue weighted by Crippen LogP contribution is -2.58. The number of hydrogen-bond donors (Lipinski definition) is 1. The van der Waals surface area contributed by atoms with Gasteiger partial charge in [-0.1, -0.05) is 0 Å². The SMILES string of the molecule is Cc1cnc2c(c1C)OCC1CN(C(=O)CCOCC3CCN3)CCN21. The molecule has 1 aromatic rings. The molecular formula is C19H28N4O3. The number of rotatable bonds is 5. The lowest BCUT2D eigenvalue weighted by Gasteiger charge is -2.45. The summed E-state index contributed by atoms with van der Waals surface area (Å²) >= 11 is 0. The standard InChI is InChI=1S/C19H28N4O3/c1-13-9-21-19-18(14(13)2)26-12-16-10-22(6-7-23(16)19)17(24)4-8-25-11-15-3-5-20-15/h9,15-16,20H,3-8,10-12H2,1-2H3. The maximum atomic E-state index is 12.5. The number of nitrogens with zero attached hydrogens (tertiary/aromatic N) is 3. The van der Waals surface area contributed by atoms with Gasteiger partial charge in [0.15, 0.2) is 11.6 Å². The molecule has 3 aliphatic rings. The summed E-state index contributed by atoms with van der Waals surface area (Å²) in [5.41, 5.74) is 2.30. The molecule has 0 radical (unpaired) electrons. The van der Waals surface area contributed by atoms with Gasteiger partial charge in [-0.15, -0.1) is 0 Å². The van der Waals surface area contributed by atoms with Gasteiger partial charge in [0.05, 0.1) is 25.7 Å². The zero-order valence-electron chi connectivity index (χ0n) is 15.7. The van der Waals surface area contributed by atoms with Crippen molar-refractivity contribution in [2.75, 3.05) is 50.9 Å². The number of fused-ring (bicyclic) bond motifs is 3. The Morgan fingerprint density at radius 3 is 3.04 bits per heavy atom. The minimum absolute atomic E-state index is 0.171. The lowest BCUT2D eigenvalue weighted by atomic mass is 10.1. The summed E-state index contributed by atoms with van der Waals surface area (Å²) < 4.78 is 11.6. The summed E-state index contributed by atoms with van der Waals surface area (Å²) in [7, 11) is 0. The van der Waals surface area contributed by atoms with Crippen LogP contribution in [0.1, 0.15) is 24.0 Å². The number of ether oxygens (including phenoxy) is 2. The van der Waals surface area contributed by atoms with Gasteiger partial charge in [-0.2, -0.15) is 0 Å². The number of amides is 1. The third kappa shape index (κ3) is 3.38. The summed E-state index contributed by atoms with van der Waals surface area (Å²) in [5.74, 6) is 2.00. The molecule has 7 heteroatoms. The highest BCUT2D eigenvalue weighted by molar-refractivity contribution is 5.77. The molecule has 7 nitrogen and oxygen atoms in total. The van der Waals surface area contributed by atoms with Crippen molar-refractivity contribution < 1.29 is 14.3 Å². The summed E-state index contributed by atoms with van der Waals surface area (Å²) in [4.78, 5) is 21.3. The van der Waals surface area contributed by atoms with E-state index in [-0.39, 0.29) is 11.9 Å². The first-order valence-electron chi connectivity index (χ1n) is 9.58. The van der Waals surface area contributed by atoms with E-state index in [0.29, 0.717) is 38.8 Å². The van der Waals surface area contributed by atoms with E-state index in [2.05, 4.69) is 29.0 Å². The van der Waals surface area contributed by atoms with E-state index in [4.69, 9.17) is 9.47 Å². The van der Waals surface area contributed by atoms with Crippen LogP contribution in [0.25, 0.3) is 0 Å². The Hall–Kier alpha value is -1.86. The van der Waals surface area contributed by atoms with Gasteiger partial charge in [0, 0.05) is 31.9 Å². The second kappa shape index (κ2) is 7.40. The van der Waals surface area contributed by atoms with Gasteiger partial charge in [0.2, 0.25) is 5.91 Å². The topological polar surface area (TPSA) is 66.9 Å². The number of piperazine rings is 1. The highest BCUT2D eigenvalue weighted by Crippen LogP contribution is 2.37. The summed E-state index contributed by atoms with van der Waals surface area (Å²) in [6, 6.07) is 0.655. The second-order valence-corrected chi connectivity index (χ2v) is 7.48. The van der Waals surface area contributed by atoms with E-state index in [1.807, 2.05) is 11.1 Å². The maximum absolute atomic E-state index is 12.5. The lowest BCUT2D eigenvalue weighted by molar-refractivity contribution is -0.133. The van der Waals surface area contributed by atoms with Gasteiger partial charge in [0.25, 0.3) is 0 Å². The van der Waals surface area contributed by atoms with Crippen LogP contribution in [0.4, 0.5) is 5.82 Å². The Morgan fingerprint density at radius 2 is 2.27 bits per heavy atom. The van der Waals surface area contributed by atoms with Crippen molar-refractivity contribution in [2.24, 2.45) is 0 Å². The molecule has 26 heavy (non-hydrogen) atoms. The molecule has 142 valence electrons.